The molecule has 0 bridgehead atoms. The number of likely N-dealkylation sites (N-methyl/N-ethyl adjacent to an activating group) is 1. The summed E-state index contributed by atoms with van der Waals surface area (Å²) >= 11 is 0. The molecule has 3 unspecified atom stereocenters. The third-order valence-corrected chi connectivity index (χ3v) is 4.70. The fraction of sp³-hybridized carbons (Fsp3) is 0.647. The summed E-state index contributed by atoms with van der Waals surface area (Å²) in [7, 11) is 4.01. The molecule has 112 valence electrons. The maximum Gasteiger partial charge on any atom is 0.0659 e. The van der Waals surface area contributed by atoms with Crippen LogP contribution in [0, 0.1) is 5.92 Å². The molecule has 1 aromatic carbocycles. The van der Waals surface area contributed by atoms with Crippen LogP contribution in [0.2, 0.25) is 0 Å². The molecule has 2 N–H and O–H groups in total. The van der Waals surface area contributed by atoms with E-state index in [4.69, 9.17) is 10.5 Å². The molecule has 3 nitrogen and oxygen atoms in total. The standard InChI is InChI=1S/C17H28N2O/c1-19(16-11-7-6-10-15(16)12-18)17(13-20-2)14-8-4-3-5-9-14/h3-5,8-9,15-17H,6-7,10-13,18H2,1-2H3. The maximum atomic E-state index is 5.99. The van der Waals surface area contributed by atoms with E-state index in [1.807, 2.05) is 0 Å². The number of nitrogens with two attached hydrogens (primary N) is 1. The van der Waals surface area contributed by atoms with Crippen LogP contribution in [0.4, 0.5) is 0 Å². The van der Waals surface area contributed by atoms with E-state index in [-0.39, 0.29) is 0 Å². The molecule has 0 aliphatic heterocycles. The van der Waals surface area contributed by atoms with Crippen molar-refractivity contribution in [3.05, 3.63) is 35.9 Å². The smallest absolute Gasteiger partial charge is 0.0659 e. The summed E-state index contributed by atoms with van der Waals surface area (Å²) in [5.74, 6) is 0.622. The van der Waals surface area contributed by atoms with Gasteiger partial charge in [-0.3, -0.25) is 4.90 Å². The summed E-state index contributed by atoms with van der Waals surface area (Å²) in [5, 5.41) is 0. The van der Waals surface area contributed by atoms with Crippen molar-refractivity contribution in [3.8, 4) is 0 Å². The second kappa shape index (κ2) is 7.77. The van der Waals surface area contributed by atoms with Gasteiger partial charge in [-0.05, 0) is 37.9 Å². The van der Waals surface area contributed by atoms with Crippen molar-refractivity contribution < 1.29 is 4.74 Å². The Bertz CT molecular complexity index is 382. The van der Waals surface area contributed by atoms with E-state index in [0.717, 1.165) is 13.2 Å². The summed E-state index contributed by atoms with van der Waals surface area (Å²) < 4.78 is 5.47. The Morgan fingerprint density at radius 2 is 1.95 bits per heavy atom. The van der Waals surface area contributed by atoms with Crippen molar-refractivity contribution in [3.63, 3.8) is 0 Å². The van der Waals surface area contributed by atoms with Gasteiger partial charge < -0.3 is 10.5 Å². The molecule has 0 radical (unpaired) electrons. The molecule has 0 aromatic heterocycles. The number of nitrogens with zero attached hydrogens (tertiary/aromatic N) is 1. The van der Waals surface area contributed by atoms with Gasteiger partial charge in [0.1, 0.15) is 0 Å². The van der Waals surface area contributed by atoms with E-state index in [9.17, 15) is 0 Å². The second-order valence-electron chi connectivity index (χ2n) is 5.89. The van der Waals surface area contributed by atoms with Crippen LogP contribution < -0.4 is 5.73 Å². The highest BCUT2D eigenvalue weighted by Crippen LogP contribution is 2.32. The van der Waals surface area contributed by atoms with Crippen molar-refractivity contribution >= 4 is 0 Å². The molecule has 3 heteroatoms. The van der Waals surface area contributed by atoms with Crippen LogP contribution in [-0.4, -0.2) is 38.3 Å². The van der Waals surface area contributed by atoms with Gasteiger partial charge in [0.05, 0.1) is 12.6 Å². The van der Waals surface area contributed by atoms with Crippen molar-refractivity contribution in [2.24, 2.45) is 11.7 Å². The molecular weight excluding hydrogens is 248 g/mol. The van der Waals surface area contributed by atoms with Crippen LogP contribution in [0.5, 0.6) is 0 Å². The lowest BCUT2D eigenvalue weighted by molar-refractivity contribution is 0.0435. The van der Waals surface area contributed by atoms with Crippen molar-refractivity contribution in [1.82, 2.24) is 4.90 Å². The lowest BCUT2D eigenvalue weighted by atomic mass is 9.83. The van der Waals surface area contributed by atoms with Gasteiger partial charge in [0.15, 0.2) is 0 Å². The van der Waals surface area contributed by atoms with Crippen LogP contribution >= 0.6 is 0 Å². The Kier molecular flexibility index (Phi) is 6.02. The highest BCUT2D eigenvalue weighted by molar-refractivity contribution is 5.19. The lowest BCUT2D eigenvalue weighted by Crippen LogP contribution is -2.45. The van der Waals surface area contributed by atoms with Gasteiger partial charge in [-0.25, -0.2) is 0 Å². The highest BCUT2D eigenvalue weighted by atomic mass is 16.5. The predicted molar refractivity (Wildman–Crippen MR) is 83.6 cm³/mol. The van der Waals surface area contributed by atoms with Crippen molar-refractivity contribution in [2.45, 2.75) is 37.8 Å². The van der Waals surface area contributed by atoms with Gasteiger partial charge in [0.25, 0.3) is 0 Å². The summed E-state index contributed by atoms with van der Waals surface area (Å²) in [4.78, 5) is 2.50. The topological polar surface area (TPSA) is 38.5 Å². The summed E-state index contributed by atoms with van der Waals surface area (Å²) in [6.07, 6.45) is 5.16. The Hall–Kier alpha value is -0.900. The summed E-state index contributed by atoms with van der Waals surface area (Å²) in [5.41, 5.74) is 7.32. The molecule has 1 aliphatic carbocycles. The minimum Gasteiger partial charge on any atom is -0.383 e. The Morgan fingerprint density at radius 1 is 1.25 bits per heavy atom. The van der Waals surface area contributed by atoms with Crippen LogP contribution in [0.25, 0.3) is 0 Å². The molecule has 1 saturated carbocycles. The van der Waals surface area contributed by atoms with Crippen LogP contribution in [-0.2, 0) is 4.74 Å². The van der Waals surface area contributed by atoms with E-state index in [1.54, 1.807) is 7.11 Å². The molecule has 3 atom stereocenters. The van der Waals surface area contributed by atoms with Crippen LogP contribution in [0.15, 0.2) is 30.3 Å². The number of methoxy groups -OCH3 is 1. The van der Waals surface area contributed by atoms with Crippen LogP contribution in [0.3, 0.4) is 0 Å². The van der Waals surface area contributed by atoms with E-state index in [1.165, 1.54) is 31.2 Å². The Labute approximate surface area is 123 Å². The molecule has 1 aliphatic rings. The fourth-order valence-corrected chi connectivity index (χ4v) is 3.51. The third kappa shape index (κ3) is 3.60. The SMILES string of the molecule is COCC(c1ccccc1)N(C)C1CCCCC1CN. The number of benzene rings is 1. The number of hydrogen-bond acceptors (Lipinski definition) is 3. The first kappa shape index (κ1) is 15.5. The monoisotopic (exact) mass is 276 g/mol. The number of rotatable bonds is 6. The second-order valence-corrected chi connectivity index (χ2v) is 5.89. The lowest BCUT2D eigenvalue weighted by Gasteiger charge is -2.41. The largest absolute Gasteiger partial charge is 0.383 e. The summed E-state index contributed by atoms with van der Waals surface area (Å²) in [6.45, 7) is 1.53. The van der Waals surface area contributed by atoms with Gasteiger partial charge in [0, 0.05) is 13.2 Å². The zero-order chi connectivity index (χ0) is 14.4. The fourth-order valence-electron chi connectivity index (χ4n) is 3.51. The van der Waals surface area contributed by atoms with E-state index in [2.05, 4.69) is 42.3 Å². The number of hydrogen-bond donors (Lipinski definition) is 1. The zero-order valence-corrected chi connectivity index (χ0v) is 12.8. The van der Waals surface area contributed by atoms with Gasteiger partial charge in [-0.1, -0.05) is 43.2 Å². The van der Waals surface area contributed by atoms with Crippen LogP contribution in [0.1, 0.15) is 37.3 Å². The molecule has 0 saturated heterocycles. The minimum atomic E-state index is 0.318. The normalized spacial score (nSPS) is 24.8. The minimum absolute atomic E-state index is 0.318. The molecule has 0 amide bonds. The van der Waals surface area contributed by atoms with Gasteiger partial charge >= 0.3 is 0 Å². The molecular formula is C17H28N2O. The first-order valence-corrected chi connectivity index (χ1v) is 7.73. The van der Waals surface area contributed by atoms with E-state index in [0.29, 0.717) is 18.0 Å². The molecule has 20 heavy (non-hydrogen) atoms. The van der Waals surface area contributed by atoms with E-state index >= 15 is 0 Å². The van der Waals surface area contributed by atoms with Crippen molar-refractivity contribution in [1.29, 1.82) is 0 Å². The predicted octanol–water partition coefficient (Wildman–Crippen LogP) is 2.82. The van der Waals surface area contributed by atoms with E-state index < -0.39 is 0 Å². The molecule has 1 fully saturated rings. The Balaban J connectivity index is 2.15. The van der Waals surface area contributed by atoms with Crippen molar-refractivity contribution in [2.75, 3.05) is 27.3 Å². The molecule has 2 rings (SSSR count). The first-order chi connectivity index (χ1) is 9.77. The average Bonchev–Trinajstić information content (AvgIpc) is 2.52. The third-order valence-electron chi connectivity index (χ3n) is 4.70. The zero-order valence-electron chi connectivity index (χ0n) is 12.8. The highest BCUT2D eigenvalue weighted by Gasteiger charge is 2.31. The molecule has 0 heterocycles. The molecule has 1 aromatic rings. The first-order valence-electron chi connectivity index (χ1n) is 7.73. The van der Waals surface area contributed by atoms with Gasteiger partial charge in [-0.2, -0.15) is 0 Å². The number of ether oxygens (including phenoxy) is 1. The van der Waals surface area contributed by atoms with Gasteiger partial charge in [-0.15, -0.1) is 0 Å². The summed E-state index contributed by atoms with van der Waals surface area (Å²) in [6, 6.07) is 11.6. The average molecular weight is 276 g/mol. The van der Waals surface area contributed by atoms with Gasteiger partial charge in [0.2, 0.25) is 0 Å². The Morgan fingerprint density at radius 3 is 2.60 bits per heavy atom. The molecule has 0 spiro atoms. The quantitative estimate of drug-likeness (QED) is 0.868. The maximum absolute atomic E-state index is 5.99.